The first-order valence-electron chi connectivity index (χ1n) is 4.74. The smallest absolute Gasteiger partial charge is 0.192 e. The minimum Gasteiger partial charge on any atom is -0.398 e. The highest BCUT2D eigenvalue weighted by molar-refractivity contribution is 5.55. The largest absolute Gasteiger partial charge is 0.398 e. The van der Waals surface area contributed by atoms with Crippen molar-refractivity contribution >= 4 is 5.69 Å². The molecule has 4 heteroatoms. The molecule has 0 atom stereocenters. The van der Waals surface area contributed by atoms with Crippen molar-refractivity contribution in [1.29, 1.82) is 5.26 Å². The second kappa shape index (κ2) is 3.54. The lowest BCUT2D eigenvalue weighted by Crippen LogP contribution is -2.22. The van der Waals surface area contributed by atoms with Gasteiger partial charge in [0.15, 0.2) is 5.79 Å². The molecule has 1 aromatic carbocycles. The van der Waals surface area contributed by atoms with E-state index >= 15 is 0 Å². The summed E-state index contributed by atoms with van der Waals surface area (Å²) in [5.74, 6) is -0.737. The standard InChI is InChI=1S/C11H12N2O2/c1-11(14-4-5-15-11)9-2-3-10(13)8(6-9)7-12/h2-3,6H,4-5,13H2,1H3. The number of benzene rings is 1. The summed E-state index contributed by atoms with van der Waals surface area (Å²) in [6.07, 6.45) is 0. The lowest BCUT2D eigenvalue weighted by molar-refractivity contribution is -0.149. The fourth-order valence-electron chi connectivity index (χ4n) is 1.62. The van der Waals surface area contributed by atoms with Crippen LogP contribution < -0.4 is 5.73 Å². The number of nitriles is 1. The minimum atomic E-state index is -0.737. The van der Waals surface area contributed by atoms with Gasteiger partial charge in [0.25, 0.3) is 0 Å². The molecular formula is C11H12N2O2. The van der Waals surface area contributed by atoms with Gasteiger partial charge in [0, 0.05) is 11.3 Å². The van der Waals surface area contributed by atoms with Crippen molar-refractivity contribution in [2.45, 2.75) is 12.7 Å². The van der Waals surface area contributed by atoms with E-state index < -0.39 is 5.79 Å². The summed E-state index contributed by atoms with van der Waals surface area (Å²) < 4.78 is 11.0. The van der Waals surface area contributed by atoms with Crippen LogP contribution in [0.1, 0.15) is 18.1 Å². The number of hydrogen-bond donors (Lipinski definition) is 1. The van der Waals surface area contributed by atoms with Crippen molar-refractivity contribution < 1.29 is 9.47 Å². The second-order valence-electron chi connectivity index (χ2n) is 3.56. The molecule has 1 aromatic rings. The maximum Gasteiger partial charge on any atom is 0.192 e. The van der Waals surface area contributed by atoms with Crippen molar-refractivity contribution in [2.75, 3.05) is 18.9 Å². The predicted octanol–water partition coefficient (Wildman–Crippen LogP) is 1.36. The summed E-state index contributed by atoms with van der Waals surface area (Å²) in [5, 5.41) is 8.86. The second-order valence-corrected chi connectivity index (χ2v) is 3.56. The Morgan fingerprint density at radius 1 is 1.40 bits per heavy atom. The van der Waals surface area contributed by atoms with Crippen LogP contribution in [0.2, 0.25) is 0 Å². The number of nitrogen functional groups attached to an aromatic ring is 1. The van der Waals surface area contributed by atoms with Crippen LogP contribution in [0, 0.1) is 11.3 Å². The molecular weight excluding hydrogens is 192 g/mol. The van der Waals surface area contributed by atoms with Gasteiger partial charge in [0.2, 0.25) is 0 Å². The molecule has 0 bridgehead atoms. The van der Waals surface area contributed by atoms with Crippen molar-refractivity contribution in [3.8, 4) is 6.07 Å². The van der Waals surface area contributed by atoms with Gasteiger partial charge in [-0.1, -0.05) is 6.07 Å². The van der Waals surface area contributed by atoms with E-state index in [1.807, 2.05) is 19.1 Å². The molecule has 0 unspecified atom stereocenters. The molecule has 2 rings (SSSR count). The molecule has 1 fully saturated rings. The predicted molar refractivity (Wildman–Crippen MR) is 54.8 cm³/mol. The Balaban J connectivity index is 2.41. The Bertz CT molecular complexity index is 417. The molecule has 0 aliphatic carbocycles. The molecule has 15 heavy (non-hydrogen) atoms. The molecule has 0 spiro atoms. The molecule has 2 N–H and O–H groups in total. The summed E-state index contributed by atoms with van der Waals surface area (Å²) in [4.78, 5) is 0. The first-order chi connectivity index (χ1) is 7.15. The third-order valence-corrected chi connectivity index (χ3v) is 2.54. The highest BCUT2D eigenvalue weighted by Gasteiger charge is 2.33. The van der Waals surface area contributed by atoms with Crippen molar-refractivity contribution in [2.24, 2.45) is 0 Å². The lowest BCUT2D eigenvalue weighted by Gasteiger charge is -2.22. The van der Waals surface area contributed by atoms with Crippen molar-refractivity contribution in [3.63, 3.8) is 0 Å². The molecule has 0 amide bonds. The van der Waals surface area contributed by atoms with Crippen LogP contribution in [0.4, 0.5) is 5.69 Å². The Kier molecular flexibility index (Phi) is 2.35. The van der Waals surface area contributed by atoms with Crippen LogP contribution in [0.3, 0.4) is 0 Å². The highest BCUT2D eigenvalue weighted by atomic mass is 16.7. The Hall–Kier alpha value is -1.57. The van der Waals surface area contributed by atoms with Gasteiger partial charge in [-0.25, -0.2) is 0 Å². The zero-order valence-corrected chi connectivity index (χ0v) is 8.49. The summed E-state index contributed by atoms with van der Waals surface area (Å²) >= 11 is 0. The van der Waals surface area contributed by atoms with Crippen molar-refractivity contribution in [1.82, 2.24) is 0 Å². The van der Waals surface area contributed by atoms with E-state index in [2.05, 4.69) is 0 Å². The number of rotatable bonds is 1. The minimum absolute atomic E-state index is 0.452. The fraction of sp³-hybridized carbons (Fsp3) is 0.364. The maximum atomic E-state index is 8.86. The number of ether oxygens (including phenoxy) is 2. The van der Waals surface area contributed by atoms with E-state index in [0.29, 0.717) is 24.5 Å². The van der Waals surface area contributed by atoms with Gasteiger partial charge >= 0.3 is 0 Å². The van der Waals surface area contributed by atoms with Gasteiger partial charge in [-0.3, -0.25) is 0 Å². The SMILES string of the molecule is CC1(c2ccc(N)c(C#N)c2)OCCO1. The van der Waals surface area contributed by atoms with Gasteiger partial charge in [-0.15, -0.1) is 0 Å². The van der Waals surface area contributed by atoms with Gasteiger partial charge in [-0.2, -0.15) is 5.26 Å². The molecule has 0 radical (unpaired) electrons. The molecule has 1 heterocycles. The zero-order chi connectivity index (χ0) is 10.9. The average Bonchev–Trinajstić information content (AvgIpc) is 2.67. The van der Waals surface area contributed by atoms with Crippen LogP contribution in [0.25, 0.3) is 0 Å². The molecule has 0 saturated carbocycles. The van der Waals surface area contributed by atoms with Crippen LogP contribution >= 0.6 is 0 Å². The summed E-state index contributed by atoms with van der Waals surface area (Å²) in [5.41, 5.74) is 7.39. The quantitative estimate of drug-likeness (QED) is 0.701. The Morgan fingerprint density at radius 3 is 2.67 bits per heavy atom. The first-order valence-corrected chi connectivity index (χ1v) is 4.74. The van der Waals surface area contributed by atoms with Gasteiger partial charge in [0.05, 0.1) is 18.8 Å². The van der Waals surface area contributed by atoms with Gasteiger partial charge in [0.1, 0.15) is 6.07 Å². The van der Waals surface area contributed by atoms with Gasteiger partial charge in [-0.05, 0) is 19.1 Å². The van der Waals surface area contributed by atoms with E-state index in [1.165, 1.54) is 0 Å². The topological polar surface area (TPSA) is 68.3 Å². The number of anilines is 1. The lowest BCUT2D eigenvalue weighted by atomic mass is 10.0. The van der Waals surface area contributed by atoms with E-state index in [1.54, 1.807) is 12.1 Å². The molecule has 1 aliphatic rings. The van der Waals surface area contributed by atoms with Crippen LogP contribution in [0.5, 0.6) is 0 Å². The molecule has 1 aliphatic heterocycles. The molecule has 0 aromatic heterocycles. The van der Waals surface area contributed by atoms with E-state index in [4.69, 9.17) is 20.5 Å². The monoisotopic (exact) mass is 204 g/mol. The summed E-state index contributed by atoms with van der Waals surface area (Å²) in [7, 11) is 0. The molecule has 1 saturated heterocycles. The zero-order valence-electron chi connectivity index (χ0n) is 8.49. The number of nitrogens with two attached hydrogens (primary N) is 1. The van der Waals surface area contributed by atoms with E-state index in [0.717, 1.165) is 5.56 Å². The maximum absolute atomic E-state index is 8.86. The van der Waals surface area contributed by atoms with Crippen LogP contribution in [-0.4, -0.2) is 13.2 Å². The van der Waals surface area contributed by atoms with E-state index in [9.17, 15) is 0 Å². The normalized spacial score (nSPS) is 18.7. The van der Waals surface area contributed by atoms with E-state index in [-0.39, 0.29) is 0 Å². The fourth-order valence-corrected chi connectivity index (χ4v) is 1.62. The van der Waals surface area contributed by atoms with Crippen molar-refractivity contribution in [3.05, 3.63) is 29.3 Å². The Labute approximate surface area is 88.2 Å². The molecule has 4 nitrogen and oxygen atoms in total. The molecule has 78 valence electrons. The summed E-state index contributed by atoms with van der Waals surface area (Å²) in [6.45, 7) is 2.98. The van der Waals surface area contributed by atoms with Crippen LogP contribution in [0.15, 0.2) is 18.2 Å². The number of hydrogen-bond acceptors (Lipinski definition) is 4. The third-order valence-electron chi connectivity index (χ3n) is 2.54. The summed E-state index contributed by atoms with van der Waals surface area (Å²) in [6, 6.07) is 7.27. The highest BCUT2D eigenvalue weighted by Crippen LogP contribution is 2.32. The van der Waals surface area contributed by atoms with Crippen LogP contribution in [-0.2, 0) is 15.3 Å². The average molecular weight is 204 g/mol. The Morgan fingerprint density at radius 2 is 2.07 bits per heavy atom. The third kappa shape index (κ3) is 1.67. The first kappa shape index (κ1) is 9.97. The number of nitrogens with zero attached hydrogens (tertiary/aromatic N) is 1. The van der Waals surface area contributed by atoms with Gasteiger partial charge < -0.3 is 15.2 Å².